The summed E-state index contributed by atoms with van der Waals surface area (Å²) in [5.74, 6) is -1.74. The molecule has 0 saturated heterocycles. The lowest BCUT2D eigenvalue weighted by Crippen LogP contribution is -1.84. The molecule has 0 spiro atoms. The zero-order valence-corrected chi connectivity index (χ0v) is 9.44. The first-order valence-corrected chi connectivity index (χ1v) is 5.37. The van der Waals surface area contributed by atoms with Gasteiger partial charge in [-0.2, -0.15) is 0 Å². The van der Waals surface area contributed by atoms with Crippen molar-refractivity contribution in [2.45, 2.75) is 0 Å². The van der Waals surface area contributed by atoms with E-state index in [1.165, 1.54) is 6.07 Å². The van der Waals surface area contributed by atoms with Crippen molar-refractivity contribution in [3.8, 4) is 0 Å². The molecule has 0 aliphatic rings. The smallest absolute Gasteiger partial charge is 0.159 e. The largest absolute Gasteiger partial charge is 0.298 e. The summed E-state index contributed by atoms with van der Waals surface area (Å²) in [6.45, 7) is 0. The minimum atomic E-state index is -0.876. The van der Waals surface area contributed by atoms with Crippen LogP contribution < -0.4 is 0 Å². The summed E-state index contributed by atoms with van der Waals surface area (Å²) in [5.41, 5.74) is 1.96. The first-order valence-electron chi connectivity index (χ1n) is 5.37. The van der Waals surface area contributed by atoms with E-state index < -0.39 is 11.6 Å². The van der Waals surface area contributed by atoms with Gasteiger partial charge in [-0.15, -0.1) is 0 Å². The lowest BCUT2D eigenvalue weighted by molar-refractivity contribution is 0.112. The van der Waals surface area contributed by atoms with Crippen LogP contribution in [0, 0.1) is 11.6 Å². The van der Waals surface area contributed by atoms with Crippen LogP contribution in [0.4, 0.5) is 8.78 Å². The van der Waals surface area contributed by atoms with Crippen LogP contribution >= 0.6 is 0 Å². The van der Waals surface area contributed by atoms with Crippen molar-refractivity contribution in [3.63, 3.8) is 0 Å². The molecule has 0 saturated carbocycles. The first kappa shape index (κ1) is 12.2. The Bertz CT molecular complexity index is 603. The number of rotatable bonds is 3. The van der Waals surface area contributed by atoms with Crippen molar-refractivity contribution in [1.29, 1.82) is 0 Å². The van der Waals surface area contributed by atoms with Crippen molar-refractivity contribution in [2.24, 2.45) is 0 Å². The minimum absolute atomic E-state index is 0.561. The maximum Gasteiger partial charge on any atom is 0.159 e. The van der Waals surface area contributed by atoms with Gasteiger partial charge in [-0.25, -0.2) is 8.78 Å². The molecule has 1 nitrogen and oxygen atoms in total. The Morgan fingerprint density at radius 3 is 2.11 bits per heavy atom. The molecule has 0 bridgehead atoms. The number of carbonyl (C=O) groups excluding carboxylic acids is 1. The third-order valence-corrected chi connectivity index (χ3v) is 2.46. The highest BCUT2D eigenvalue weighted by atomic mass is 19.2. The molecule has 90 valence electrons. The van der Waals surface area contributed by atoms with Crippen LogP contribution in [-0.4, -0.2) is 6.29 Å². The van der Waals surface area contributed by atoms with Crippen LogP contribution in [0.15, 0.2) is 42.5 Å². The quantitative estimate of drug-likeness (QED) is 0.590. The molecule has 0 aliphatic carbocycles. The molecule has 0 atom stereocenters. The van der Waals surface area contributed by atoms with Gasteiger partial charge in [0, 0.05) is 5.56 Å². The van der Waals surface area contributed by atoms with Gasteiger partial charge in [0.2, 0.25) is 0 Å². The van der Waals surface area contributed by atoms with E-state index in [0.717, 1.165) is 24.0 Å². The molecule has 0 unspecified atom stereocenters. The molecule has 0 N–H and O–H groups in total. The highest BCUT2D eigenvalue weighted by Gasteiger charge is 1.99. The second-order valence-corrected chi connectivity index (χ2v) is 3.79. The molecule has 0 amide bonds. The summed E-state index contributed by atoms with van der Waals surface area (Å²) in [5, 5.41) is 0. The molecule has 0 radical (unpaired) electrons. The Kier molecular flexibility index (Phi) is 3.63. The van der Waals surface area contributed by atoms with Gasteiger partial charge in [0.05, 0.1) is 0 Å². The van der Waals surface area contributed by atoms with Crippen LogP contribution in [0.5, 0.6) is 0 Å². The third-order valence-electron chi connectivity index (χ3n) is 2.46. The van der Waals surface area contributed by atoms with Crippen molar-refractivity contribution in [2.75, 3.05) is 0 Å². The van der Waals surface area contributed by atoms with Crippen LogP contribution in [0.3, 0.4) is 0 Å². The third kappa shape index (κ3) is 2.88. The Balaban J connectivity index is 2.24. The van der Waals surface area contributed by atoms with Crippen LogP contribution in [-0.2, 0) is 0 Å². The van der Waals surface area contributed by atoms with Gasteiger partial charge in [-0.3, -0.25) is 4.79 Å². The van der Waals surface area contributed by atoms with E-state index in [-0.39, 0.29) is 0 Å². The average molecular weight is 244 g/mol. The molecule has 0 aromatic heterocycles. The van der Waals surface area contributed by atoms with Gasteiger partial charge < -0.3 is 0 Å². The molecular formula is C15H10F2O. The van der Waals surface area contributed by atoms with E-state index in [9.17, 15) is 13.6 Å². The predicted molar refractivity (Wildman–Crippen MR) is 67.1 cm³/mol. The van der Waals surface area contributed by atoms with Crippen molar-refractivity contribution < 1.29 is 13.6 Å². The van der Waals surface area contributed by atoms with E-state index in [1.54, 1.807) is 30.4 Å². The van der Waals surface area contributed by atoms with Crippen LogP contribution in [0.1, 0.15) is 21.5 Å². The number of hydrogen-bond donors (Lipinski definition) is 0. The van der Waals surface area contributed by atoms with Gasteiger partial charge in [-0.1, -0.05) is 36.4 Å². The molecule has 3 heteroatoms. The Hall–Kier alpha value is -2.29. The van der Waals surface area contributed by atoms with Gasteiger partial charge in [0.25, 0.3) is 0 Å². The standard InChI is InChI=1S/C15H10F2O/c16-14-7-6-12(9-15(14)17)5-4-11-2-1-3-13(8-11)10-18/h1-10H/b5-4+. The van der Waals surface area contributed by atoms with Gasteiger partial charge in [0.1, 0.15) is 6.29 Å². The minimum Gasteiger partial charge on any atom is -0.298 e. The highest BCUT2D eigenvalue weighted by molar-refractivity contribution is 5.78. The molecule has 0 heterocycles. The number of benzene rings is 2. The Labute approximate surface area is 103 Å². The molecule has 18 heavy (non-hydrogen) atoms. The number of aldehydes is 1. The van der Waals surface area contributed by atoms with Gasteiger partial charge in [0.15, 0.2) is 11.6 Å². The topological polar surface area (TPSA) is 17.1 Å². The number of halogens is 2. The van der Waals surface area contributed by atoms with Crippen molar-refractivity contribution in [1.82, 2.24) is 0 Å². The van der Waals surface area contributed by atoms with E-state index >= 15 is 0 Å². The summed E-state index contributed by atoms with van der Waals surface area (Å²) in [6.07, 6.45) is 4.15. The lowest BCUT2D eigenvalue weighted by Gasteiger charge is -1.97. The normalized spacial score (nSPS) is 10.8. The van der Waals surface area contributed by atoms with Crippen LogP contribution in [0.2, 0.25) is 0 Å². The maximum absolute atomic E-state index is 13.0. The average Bonchev–Trinajstić information content (AvgIpc) is 2.40. The van der Waals surface area contributed by atoms with E-state index in [2.05, 4.69) is 0 Å². The summed E-state index contributed by atoms with van der Waals surface area (Å²) in [4.78, 5) is 10.6. The van der Waals surface area contributed by atoms with E-state index in [0.29, 0.717) is 11.1 Å². The monoisotopic (exact) mass is 244 g/mol. The molecule has 2 aromatic rings. The maximum atomic E-state index is 13.0. The number of hydrogen-bond acceptors (Lipinski definition) is 1. The second kappa shape index (κ2) is 5.36. The first-order chi connectivity index (χ1) is 8.69. The van der Waals surface area contributed by atoms with Crippen molar-refractivity contribution in [3.05, 3.63) is 70.8 Å². The molecule has 0 fully saturated rings. The summed E-state index contributed by atoms with van der Waals surface area (Å²) >= 11 is 0. The fourth-order valence-corrected chi connectivity index (χ4v) is 1.54. The van der Waals surface area contributed by atoms with E-state index in [4.69, 9.17) is 0 Å². The molecular weight excluding hydrogens is 234 g/mol. The predicted octanol–water partition coefficient (Wildman–Crippen LogP) is 3.95. The zero-order chi connectivity index (χ0) is 13.0. The lowest BCUT2D eigenvalue weighted by atomic mass is 10.1. The SMILES string of the molecule is O=Cc1cccc(/C=C/c2ccc(F)c(F)c2)c1. The number of carbonyl (C=O) groups is 1. The molecule has 0 aliphatic heterocycles. The fraction of sp³-hybridized carbons (Fsp3) is 0. The summed E-state index contributed by atoms with van der Waals surface area (Å²) in [6, 6.07) is 10.7. The Morgan fingerprint density at radius 1 is 0.778 bits per heavy atom. The highest BCUT2D eigenvalue weighted by Crippen LogP contribution is 2.13. The second-order valence-electron chi connectivity index (χ2n) is 3.79. The van der Waals surface area contributed by atoms with Crippen molar-refractivity contribution >= 4 is 18.4 Å². The van der Waals surface area contributed by atoms with E-state index in [1.807, 2.05) is 6.07 Å². The zero-order valence-electron chi connectivity index (χ0n) is 9.44. The summed E-state index contributed by atoms with van der Waals surface area (Å²) in [7, 11) is 0. The fourth-order valence-electron chi connectivity index (χ4n) is 1.54. The van der Waals surface area contributed by atoms with Crippen LogP contribution in [0.25, 0.3) is 12.2 Å². The van der Waals surface area contributed by atoms with Gasteiger partial charge >= 0.3 is 0 Å². The molecule has 2 aromatic carbocycles. The Morgan fingerprint density at radius 2 is 1.44 bits per heavy atom. The summed E-state index contributed by atoms with van der Waals surface area (Å²) < 4.78 is 25.7. The molecule has 2 rings (SSSR count). The van der Waals surface area contributed by atoms with Gasteiger partial charge in [-0.05, 0) is 29.3 Å².